The number of benzene rings is 10. The van der Waals surface area contributed by atoms with Gasteiger partial charge >= 0.3 is 7.82 Å². The van der Waals surface area contributed by atoms with Gasteiger partial charge in [-0.2, -0.15) is 0 Å². The van der Waals surface area contributed by atoms with Crippen LogP contribution in [0.2, 0.25) is 0 Å². The van der Waals surface area contributed by atoms with E-state index >= 15 is 0 Å². The van der Waals surface area contributed by atoms with Gasteiger partial charge in [-0.05, 0) is 87.5 Å². The van der Waals surface area contributed by atoms with Crippen molar-refractivity contribution in [1.82, 2.24) is 30.0 Å². The number of phosphoric ester groups is 1. The molecule has 15 heteroatoms. The van der Waals surface area contributed by atoms with Crippen LogP contribution in [0.15, 0.2) is 146 Å². The summed E-state index contributed by atoms with van der Waals surface area (Å²) in [6, 6.07) is 47.1. The van der Waals surface area contributed by atoms with Crippen molar-refractivity contribution in [2.45, 2.75) is 49.5 Å². The van der Waals surface area contributed by atoms with Crippen LogP contribution in [0.1, 0.15) is 36.4 Å². The molecule has 2 aliphatic rings. The molecule has 0 spiro atoms. The van der Waals surface area contributed by atoms with Crippen LogP contribution in [0.3, 0.4) is 0 Å². The highest BCUT2D eigenvalue weighted by Crippen LogP contribution is 2.50. The molecule has 0 radical (unpaired) electrons. The molecular formula is C56H45N6O8P. The van der Waals surface area contributed by atoms with E-state index in [0.717, 1.165) is 27.5 Å². The molecule has 2 fully saturated rings. The molecule has 71 heavy (non-hydrogen) atoms. The van der Waals surface area contributed by atoms with Crippen LogP contribution in [0.25, 0.3) is 97.6 Å². The zero-order valence-electron chi connectivity index (χ0n) is 38.6. The molecule has 2 aromatic heterocycles. The van der Waals surface area contributed by atoms with Crippen LogP contribution in [-0.4, -0.2) is 86.7 Å². The first-order valence-corrected chi connectivity index (χ1v) is 25.3. The molecule has 14 rings (SSSR count). The first kappa shape index (κ1) is 42.9. The van der Waals surface area contributed by atoms with Crippen molar-refractivity contribution in [2.75, 3.05) is 27.4 Å². The number of aromatic nitrogens is 6. The minimum atomic E-state index is -4.66. The van der Waals surface area contributed by atoms with Crippen molar-refractivity contribution in [3.05, 3.63) is 157 Å². The molecule has 0 amide bonds. The zero-order valence-corrected chi connectivity index (χ0v) is 39.5. The van der Waals surface area contributed by atoms with Crippen LogP contribution in [0.5, 0.6) is 0 Å². The summed E-state index contributed by atoms with van der Waals surface area (Å²) in [7, 11) is -1.54. The van der Waals surface area contributed by atoms with E-state index in [9.17, 15) is 9.46 Å². The Hall–Kier alpha value is -6.97. The lowest BCUT2D eigenvalue weighted by Gasteiger charge is -2.23. The highest BCUT2D eigenvalue weighted by atomic mass is 31.2. The minimum Gasteiger partial charge on any atom is -0.382 e. The average Bonchev–Trinajstić information content (AvgIpc) is 4.24. The Kier molecular flexibility index (Phi) is 10.00. The highest BCUT2D eigenvalue weighted by Gasteiger charge is 2.44. The summed E-state index contributed by atoms with van der Waals surface area (Å²) in [6.45, 7) is -0.153. The largest absolute Gasteiger partial charge is 0.472 e. The number of ether oxygens (including phenoxy) is 4. The smallest absolute Gasteiger partial charge is 0.382 e. The standard InChI is InChI=1S/C56H45N6O8P/c1-65-29-51-50(26-48(68-51)44-28-62(60-58-44)46-24-22-40-36-16-6-12-32-10-4-14-34(54(32)36)38-18-8-20-42(46)56(38)40)70-71(63,64)67-30-52-49(66-2)25-47(69-52)43-27-61(59-57-43)45-23-21-39-35-15-5-11-31-9-3-13-33(53(31)35)37-17-7-19-41(45)55(37)39/h3-24,27-28,47-52H,25-26,29-30H2,1-2H3,(H,63,64)/t47-,48-,49-,50-,51-,52-/m1/s1. The van der Waals surface area contributed by atoms with Crippen LogP contribution in [0.4, 0.5) is 0 Å². The monoisotopic (exact) mass is 960 g/mol. The van der Waals surface area contributed by atoms with E-state index < -0.39 is 44.4 Å². The summed E-state index contributed by atoms with van der Waals surface area (Å²) in [5.41, 5.74) is 2.92. The predicted molar refractivity (Wildman–Crippen MR) is 273 cm³/mol. The Bertz CT molecular complexity index is 3980. The van der Waals surface area contributed by atoms with Crippen LogP contribution in [-0.2, 0) is 32.6 Å². The van der Waals surface area contributed by atoms with E-state index in [0.29, 0.717) is 17.8 Å². The maximum absolute atomic E-state index is 13.7. The summed E-state index contributed by atoms with van der Waals surface area (Å²) < 4.78 is 52.9. The summed E-state index contributed by atoms with van der Waals surface area (Å²) in [4.78, 5) is 11.2. The molecule has 2 saturated heterocycles. The van der Waals surface area contributed by atoms with Gasteiger partial charge in [-0.1, -0.05) is 132 Å². The Labute approximate surface area is 405 Å². The summed E-state index contributed by atoms with van der Waals surface area (Å²) in [6.07, 6.45) is 0.587. The molecule has 2 aliphatic heterocycles. The topological polar surface area (TPSA) is 154 Å². The van der Waals surface area contributed by atoms with Crippen molar-refractivity contribution >= 4 is 94.0 Å². The maximum Gasteiger partial charge on any atom is 0.472 e. The molecule has 12 aromatic rings. The minimum absolute atomic E-state index is 0.115. The molecular weight excluding hydrogens is 916 g/mol. The lowest BCUT2D eigenvalue weighted by atomic mass is 9.89. The van der Waals surface area contributed by atoms with E-state index in [-0.39, 0.29) is 19.6 Å². The maximum atomic E-state index is 13.7. The summed E-state index contributed by atoms with van der Waals surface area (Å²) >= 11 is 0. The van der Waals surface area contributed by atoms with Gasteiger partial charge in [0.2, 0.25) is 0 Å². The summed E-state index contributed by atoms with van der Waals surface area (Å²) in [5, 5.41) is 37.1. The first-order valence-electron chi connectivity index (χ1n) is 23.8. The zero-order chi connectivity index (χ0) is 47.5. The van der Waals surface area contributed by atoms with E-state index in [1.807, 2.05) is 12.4 Å². The van der Waals surface area contributed by atoms with Crippen molar-refractivity contribution in [3.8, 4) is 11.4 Å². The van der Waals surface area contributed by atoms with E-state index in [1.54, 1.807) is 23.6 Å². The number of fused-ring (bicyclic) bond motifs is 4. The fraction of sp³-hybridized carbons (Fsp3) is 0.214. The quantitative estimate of drug-likeness (QED) is 0.0704. The van der Waals surface area contributed by atoms with Crippen molar-refractivity contribution in [3.63, 3.8) is 0 Å². The van der Waals surface area contributed by atoms with Gasteiger partial charge in [0, 0.05) is 37.8 Å². The van der Waals surface area contributed by atoms with Gasteiger partial charge in [0.25, 0.3) is 0 Å². The Morgan fingerprint density at radius 1 is 0.535 bits per heavy atom. The van der Waals surface area contributed by atoms with Gasteiger partial charge in [0.15, 0.2) is 0 Å². The first-order chi connectivity index (χ1) is 34.8. The van der Waals surface area contributed by atoms with E-state index in [4.69, 9.17) is 28.0 Å². The Morgan fingerprint density at radius 3 is 1.41 bits per heavy atom. The molecule has 10 aromatic carbocycles. The third-order valence-electron chi connectivity index (χ3n) is 14.9. The molecule has 1 unspecified atom stereocenters. The van der Waals surface area contributed by atoms with Crippen molar-refractivity contribution in [2.24, 2.45) is 0 Å². The van der Waals surface area contributed by atoms with E-state index in [1.165, 1.54) is 70.0 Å². The lowest BCUT2D eigenvalue weighted by Crippen LogP contribution is -2.30. The third-order valence-corrected chi connectivity index (χ3v) is 15.9. The highest BCUT2D eigenvalue weighted by molar-refractivity contribution is 7.47. The van der Waals surface area contributed by atoms with Crippen LogP contribution >= 0.6 is 7.82 Å². The molecule has 14 nitrogen and oxygen atoms in total. The molecule has 1 N–H and O–H groups in total. The summed E-state index contributed by atoms with van der Waals surface area (Å²) in [5.74, 6) is 0. The second kappa shape index (κ2) is 16.6. The SMILES string of the molecule is COC[C@H]1O[C@@H](c2cn(-c3ccc4c5cccc6cccc(c7cccc3c74)c65)nn2)C[C@H]1OP(=O)(O)OC[C@H]1O[C@@H](c2cn(-c3ccc4c5cccc6cccc(c7cccc3c74)c65)nn2)C[C@H]1OC. The van der Waals surface area contributed by atoms with Gasteiger partial charge < -0.3 is 23.8 Å². The second-order valence-corrected chi connectivity index (χ2v) is 20.2. The van der Waals surface area contributed by atoms with Crippen molar-refractivity contribution < 1.29 is 37.5 Å². The van der Waals surface area contributed by atoms with Crippen LogP contribution < -0.4 is 0 Å². The fourth-order valence-electron chi connectivity index (χ4n) is 11.7. The third kappa shape index (κ3) is 6.86. The van der Waals surface area contributed by atoms with E-state index in [2.05, 4.69) is 154 Å². The fourth-order valence-corrected chi connectivity index (χ4v) is 12.7. The van der Waals surface area contributed by atoms with Crippen LogP contribution in [0, 0.1) is 0 Å². The molecule has 0 aliphatic carbocycles. The molecule has 7 atom stereocenters. The number of rotatable bonds is 12. The number of nitrogens with zero attached hydrogens (tertiary/aromatic N) is 6. The predicted octanol–water partition coefficient (Wildman–Crippen LogP) is 11.5. The molecule has 352 valence electrons. The normalized spacial score (nSPS) is 21.7. The van der Waals surface area contributed by atoms with Gasteiger partial charge in [-0.15, -0.1) is 10.2 Å². The number of hydrogen-bond donors (Lipinski definition) is 1. The second-order valence-electron chi connectivity index (χ2n) is 18.8. The van der Waals surface area contributed by atoms with Crippen molar-refractivity contribution in [1.29, 1.82) is 0 Å². The van der Waals surface area contributed by atoms with Gasteiger partial charge in [-0.25, -0.2) is 13.9 Å². The number of methoxy groups -OCH3 is 2. The lowest BCUT2D eigenvalue weighted by molar-refractivity contribution is -0.0495. The number of hydrogen-bond acceptors (Lipinski definition) is 11. The van der Waals surface area contributed by atoms with Gasteiger partial charge in [0.05, 0.1) is 43.1 Å². The Morgan fingerprint density at radius 2 is 0.944 bits per heavy atom. The van der Waals surface area contributed by atoms with Gasteiger partial charge in [-0.3, -0.25) is 9.05 Å². The molecule has 0 saturated carbocycles. The molecule has 0 bridgehead atoms. The average molecular weight is 961 g/mol. The number of phosphoric acid groups is 1. The van der Waals surface area contributed by atoms with Gasteiger partial charge in [0.1, 0.15) is 41.9 Å². The Balaban J connectivity index is 0.673. The molecule has 4 heterocycles.